The molecule has 4 nitrogen and oxygen atoms in total. The van der Waals surface area contributed by atoms with Crippen molar-refractivity contribution in [2.45, 2.75) is 32.1 Å². The molecule has 0 atom stereocenters. The number of hydrogen-bond donors (Lipinski definition) is 1. The van der Waals surface area contributed by atoms with Gasteiger partial charge in [-0.15, -0.1) is 0 Å². The molecular weight excluding hydrogens is 332 g/mol. The average molecular weight is 349 g/mol. The molecule has 0 spiro atoms. The van der Waals surface area contributed by atoms with Gasteiger partial charge in [-0.05, 0) is 43.4 Å². The van der Waals surface area contributed by atoms with Gasteiger partial charge in [-0.2, -0.15) is 0 Å². The molecule has 0 saturated heterocycles. The number of carbonyl (C=O) groups excluding carboxylic acids is 1. The first kappa shape index (κ1) is 14.3. The molecule has 1 aromatic carbocycles. The predicted molar refractivity (Wildman–Crippen MR) is 83.4 cm³/mol. The highest BCUT2D eigenvalue weighted by Crippen LogP contribution is 2.39. The second kappa shape index (κ2) is 6.02. The molecule has 1 saturated carbocycles. The van der Waals surface area contributed by atoms with E-state index < -0.39 is 0 Å². The number of benzene rings is 1. The van der Waals surface area contributed by atoms with Crippen molar-refractivity contribution in [2.24, 2.45) is 0 Å². The topological polar surface area (TPSA) is 55.1 Å². The Kier molecular flexibility index (Phi) is 4.10. The minimum atomic E-state index is -0.193. The van der Waals surface area contributed by atoms with Crippen LogP contribution in [0.2, 0.25) is 0 Å². The summed E-state index contributed by atoms with van der Waals surface area (Å²) in [7, 11) is 0. The number of carbonyl (C=O) groups is 1. The summed E-state index contributed by atoms with van der Waals surface area (Å²) >= 11 is 3.52. The van der Waals surface area contributed by atoms with Crippen LogP contribution < -0.4 is 5.32 Å². The van der Waals surface area contributed by atoms with Crippen molar-refractivity contribution >= 4 is 21.8 Å². The maximum Gasteiger partial charge on any atom is 0.288 e. The lowest BCUT2D eigenvalue weighted by atomic mass is 10.1. The number of nitrogens with zero attached hydrogens (tertiary/aromatic N) is 1. The number of hydrogen-bond acceptors (Lipinski definition) is 3. The van der Waals surface area contributed by atoms with Crippen molar-refractivity contribution < 1.29 is 9.21 Å². The van der Waals surface area contributed by atoms with Crippen LogP contribution in [-0.4, -0.2) is 17.4 Å². The molecule has 0 aliphatic heterocycles. The van der Waals surface area contributed by atoms with Crippen molar-refractivity contribution in [1.82, 2.24) is 10.3 Å². The SMILES string of the molecule is Cc1c(Br)cccc1CCNC(=O)c1cnc(C2CC2)o1. The van der Waals surface area contributed by atoms with E-state index in [1.54, 1.807) is 0 Å². The van der Waals surface area contributed by atoms with Gasteiger partial charge in [0.05, 0.1) is 6.20 Å². The molecule has 1 aliphatic carbocycles. The van der Waals surface area contributed by atoms with Gasteiger partial charge in [0.25, 0.3) is 5.91 Å². The highest BCUT2D eigenvalue weighted by Gasteiger charge is 2.29. The van der Waals surface area contributed by atoms with E-state index in [-0.39, 0.29) is 5.91 Å². The van der Waals surface area contributed by atoms with E-state index in [1.165, 1.54) is 17.3 Å². The zero-order valence-electron chi connectivity index (χ0n) is 11.9. The van der Waals surface area contributed by atoms with Crippen LogP contribution in [0.4, 0.5) is 0 Å². The lowest BCUT2D eigenvalue weighted by Crippen LogP contribution is -2.25. The zero-order valence-corrected chi connectivity index (χ0v) is 13.4. The molecule has 1 heterocycles. The monoisotopic (exact) mass is 348 g/mol. The van der Waals surface area contributed by atoms with Crippen molar-refractivity contribution in [2.75, 3.05) is 6.54 Å². The Hall–Kier alpha value is -1.62. The van der Waals surface area contributed by atoms with Crippen LogP contribution in [-0.2, 0) is 6.42 Å². The smallest absolute Gasteiger partial charge is 0.288 e. The Morgan fingerprint density at radius 3 is 3.05 bits per heavy atom. The molecule has 21 heavy (non-hydrogen) atoms. The molecule has 0 unspecified atom stereocenters. The van der Waals surface area contributed by atoms with Crippen LogP contribution in [0.15, 0.2) is 33.3 Å². The molecule has 5 heteroatoms. The molecule has 1 N–H and O–H groups in total. The van der Waals surface area contributed by atoms with Gasteiger partial charge in [-0.25, -0.2) is 4.98 Å². The highest BCUT2D eigenvalue weighted by atomic mass is 79.9. The van der Waals surface area contributed by atoms with E-state index in [1.807, 2.05) is 12.1 Å². The standard InChI is InChI=1S/C16H17BrN2O2/c1-10-11(3-2-4-13(10)17)7-8-18-15(20)14-9-19-16(21-14)12-5-6-12/h2-4,9,12H,5-8H2,1H3,(H,18,20). The normalized spacial score (nSPS) is 14.2. The Bertz CT molecular complexity index is 662. The third kappa shape index (κ3) is 3.35. The first-order valence-electron chi connectivity index (χ1n) is 7.13. The van der Waals surface area contributed by atoms with Crippen LogP contribution in [0, 0.1) is 6.92 Å². The first-order valence-corrected chi connectivity index (χ1v) is 7.92. The summed E-state index contributed by atoms with van der Waals surface area (Å²) in [5.74, 6) is 1.24. The lowest BCUT2D eigenvalue weighted by Gasteiger charge is -2.08. The van der Waals surface area contributed by atoms with Crippen molar-refractivity contribution in [3.05, 3.63) is 51.6 Å². The number of amides is 1. The quantitative estimate of drug-likeness (QED) is 0.897. The van der Waals surface area contributed by atoms with E-state index in [0.717, 1.165) is 23.7 Å². The van der Waals surface area contributed by atoms with Crippen molar-refractivity contribution in [3.8, 4) is 0 Å². The largest absolute Gasteiger partial charge is 0.435 e. The zero-order chi connectivity index (χ0) is 14.8. The van der Waals surface area contributed by atoms with Gasteiger partial charge >= 0.3 is 0 Å². The molecule has 2 aromatic rings. The summed E-state index contributed by atoms with van der Waals surface area (Å²) in [5.41, 5.74) is 2.43. The highest BCUT2D eigenvalue weighted by molar-refractivity contribution is 9.10. The molecule has 0 radical (unpaired) electrons. The number of oxazole rings is 1. The van der Waals surface area contributed by atoms with Gasteiger partial charge < -0.3 is 9.73 Å². The summed E-state index contributed by atoms with van der Waals surface area (Å²) in [5, 5.41) is 2.88. The summed E-state index contributed by atoms with van der Waals surface area (Å²) in [4.78, 5) is 16.1. The molecule has 3 rings (SSSR count). The summed E-state index contributed by atoms with van der Waals surface area (Å²) in [6.07, 6.45) is 4.54. The van der Waals surface area contributed by atoms with Crippen molar-refractivity contribution in [3.63, 3.8) is 0 Å². The van der Waals surface area contributed by atoms with Gasteiger partial charge in [0.15, 0.2) is 5.89 Å². The summed E-state index contributed by atoms with van der Waals surface area (Å²) in [6.45, 7) is 2.65. The molecule has 1 fully saturated rings. The fourth-order valence-electron chi connectivity index (χ4n) is 2.23. The van der Waals surface area contributed by atoms with E-state index >= 15 is 0 Å². The van der Waals surface area contributed by atoms with Crippen LogP contribution in [0.5, 0.6) is 0 Å². The van der Waals surface area contributed by atoms with Gasteiger partial charge in [0.1, 0.15) is 0 Å². The van der Waals surface area contributed by atoms with Gasteiger partial charge in [-0.1, -0.05) is 28.1 Å². The van der Waals surface area contributed by atoms with Crippen LogP contribution in [0.25, 0.3) is 0 Å². The van der Waals surface area contributed by atoms with Gasteiger partial charge in [0.2, 0.25) is 5.76 Å². The first-order chi connectivity index (χ1) is 10.1. The van der Waals surface area contributed by atoms with Gasteiger partial charge in [0, 0.05) is 16.9 Å². The average Bonchev–Trinajstić information content (AvgIpc) is 3.21. The van der Waals surface area contributed by atoms with E-state index in [9.17, 15) is 4.79 Å². The van der Waals surface area contributed by atoms with Crippen LogP contribution >= 0.6 is 15.9 Å². The second-order valence-electron chi connectivity index (χ2n) is 5.37. The third-order valence-corrected chi connectivity index (χ3v) is 4.59. The number of nitrogens with one attached hydrogen (secondary N) is 1. The Balaban J connectivity index is 1.54. The molecule has 1 amide bonds. The van der Waals surface area contributed by atoms with Crippen molar-refractivity contribution in [1.29, 1.82) is 0 Å². The maximum absolute atomic E-state index is 12.0. The number of aromatic nitrogens is 1. The Morgan fingerprint density at radius 1 is 1.48 bits per heavy atom. The molecule has 1 aromatic heterocycles. The van der Waals surface area contributed by atoms with Crippen LogP contribution in [0.1, 0.15) is 46.3 Å². The Morgan fingerprint density at radius 2 is 2.29 bits per heavy atom. The van der Waals surface area contributed by atoms with E-state index in [0.29, 0.717) is 24.1 Å². The second-order valence-corrected chi connectivity index (χ2v) is 6.22. The number of halogens is 1. The third-order valence-electron chi connectivity index (χ3n) is 3.73. The molecule has 110 valence electrons. The minimum absolute atomic E-state index is 0.193. The Labute approximate surface area is 132 Å². The summed E-state index contributed by atoms with van der Waals surface area (Å²) in [6, 6.07) is 6.10. The maximum atomic E-state index is 12.0. The van der Waals surface area contributed by atoms with Crippen LogP contribution in [0.3, 0.4) is 0 Å². The van der Waals surface area contributed by atoms with E-state index in [2.05, 4.69) is 39.2 Å². The lowest BCUT2D eigenvalue weighted by molar-refractivity contribution is 0.0924. The summed E-state index contributed by atoms with van der Waals surface area (Å²) < 4.78 is 6.58. The predicted octanol–water partition coefficient (Wildman–Crippen LogP) is 3.60. The van der Waals surface area contributed by atoms with E-state index in [4.69, 9.17) is 4.42 Å². The van der Waals surface area contributed by atoms with Gasteiger partial charge in [-0.3, -0.25) is 4.79 Å². The fraction of sp³-hybridized carbons (Fsp3) is 0.375. The minimum Gasteiger partial charge on any atom is -0.435 e. The molecule has 0 bridgehead atoms. The fourth-order valence-corrected chi connectivity index (χ4v) is 2.64. The molecular formula is C16H17BrN2O2. The molecule has 1 aliphatic rings. The number of rotatable bonds is 5.